The van der Waals surface area contributed by atoms with Crippen LogP contribution in [0.25, 0.3) is 0 Å². The smallest absolute Gasteiger partial charge is 0.158 e. The number of hydrogen-bond donors (Lipinski definition) is 3. The summed E-state index contributed by atoms with van der Waals surface area (Å²) in [4.78, 5) is 8.55. The van der Waals surface area contributed by atoms with Gasteiger partial charge >= 0.3 is 0 Å². The number of hydrazine groups is 1. The fourth-order valence-corrected chi connectivity index (χ4v) is 1.53. The van der Waals surface area contributed by atoms with Gasteiger partial charge < -0.3 is 15.5 Å². The summed E-state index contributed by atoms with van der Waals surface area (Å²) in [5, 5.41) is 7.20. The average Bonchev–Trinajstić information content (AvgIpc) is 2.81. The molecule has 0 bridgehead atoms. The van der Waals surface area contributed by atoms with Crippen LogP contribution in [-0.2, 0) is 18.4 Å². The molecule has 2 aromatic heterocycles. The Morgan fingerprint density at radius 1 is 1.37 bits per heavy atom. The molecule has 2 rings (SSSR count). The van der Waals surface area contributed by atoms with E-state index in [2.05, 4.69) is 25.8 Å². The Morgan fingerprint density at radius 3 is 2.79 bits per heavy atom. The molecule has 0 aliphatic heterocycles. The fourth-order valence-electron chi connectivity index (χ4n) is 1.53. The Labute approximate surface area is 111 Å². The third kappa shape index (κ3) is 3.63. The van der Waals surface area contributed by atoms with E-state index in [0.29, 0.717) is 30.7 Å². The lowest BCUT2D eigenvalue weighted by atomic mass is 10.4. The van der Waals surface area contributed by atoms with Crippen molar-refractivity contribution in [2.24, 2.45) is 12.9 Å². The van der Waals surface area contributed by atoms with Crippen molar-refractivity contribution in [2.45, 2.75) is 13.5 Å². The number of nitrogens with two attached hydrogens (primary N) is 1. The molecule has 0 atom stereocenters. The maximum Gasteiger partial charge on any atom is 0.158 e. The zero-order chi connectivity index (χ0) is 13.7. The van der Waals surface area contributed by atoms with Crippen LogP contribution in [0.15, 0.2) is 18.5 Å². The summed E-state index contributed by atoms with van der Waals surface area (Å²) in [7, 11) is 1.85. The molecule has 0 radical (unpaired) electrons. The molecule has 0 unspecified atom stereocenters. The van der Waals surface area contributed by atoms with Crippen molar-refractivity contribution in [3.63, 3.8) is 0 Å². The van der Waals surface area contributed by atoms with Gasteiger partial charge in [0.2, 0.25) is 0 Å². The Morgan fingerprint density at radius 2 is 2.16 bits per heavy atom. The maximum absolute atomic E-state index is 5.39. The van der Waals surface area contributed by atoms with Crippen LogP contribution in [0.3, 0.4) is 0 Å². The highest BCUT2D eigenvalue weighted by Crippen LogP contribution is 2.16. The lowest BCUT2D eigenvalue weighted by Crippen LogP contribution is -2.12. The van der Waals surface area contributed by atoms with Crippen LogP contribution < -0.4 is 16.6 Å². The van der Waals surface area contributed by atoms with Crippen molar-refractivity contribution >= 4 is 17.3 Å². The second-order valence-electron chi connectivity index (χ2n) is 3.86. The van der Waals surface area contributed by atoms with Gasteiger partial charge in [0, 0.05) is 25.9 Å². The molecule has 19 heavy (non-hydrogen) atoms. The fraction of sp³-hybridized carbons (Fsp3) is 0.364. The molecule has 0 amide bonds. The predicted molar refractivity (Wildman–Crippen MR) is 71.7 cm³/mol. The molecule has 0 aromatic carbocycles. The minimum Gasteiger partial charge on any atom is -0.374 e. The lowest BCUT2D eigenvalue weighted by Gasteiger charge is -2.08. The van der Waals surface area contributed by atoms with E-state index in [1.165, 1.54) is 0 Å². The third-order valence-electron chi connectivity index (χ3n) is 2.33. The van der Waals surface area contributed by atoms with Crippen LogP contribution in [0.5, 0.6) is 0 Å². The Kier molecular flexibility index (Phi) is 4.26. The normalized spacial score (nSPS) is 10.5. The molecule has 102 valence electrons. The first-order valence-corrected chi connectivity index (χ1v) is 5.89. The summed E-state index contributed by atoms with van der Waals surface area (Å²) in [6.07, 6.45) is 3.56. The minimum atomic E-state index is 0.341. The number of nitrogens with one attached hydrogen (secondary N) is 2. The van der Waals surface area contributed by atoms with Crippen molar-refractivity contribution in [1.29, 1.82) is 0 Å². The number of nitrogens with zero attached hydrogens (tertiary/aromatic N) is 4. The largest absolute Gasteiger partial charge is 0.374 e. The van der Waals surface area contributed by atoms with Gasteiger partial charge in [0.05, 0.1) is 11.9 Å². The number of aromatic nitrogens is 4. The summed E-state index contributed by atoms with van der Waals surface area (Å²) >= 11 is 0. The minimum absolute atomic E-state index is 0.341. The van der Waals surface area contributed by atoms with E-state index in [9.17, 15) is 0 Å². The van der Waals surface area contributed by atoms with Crippen LogP contribution in [0.4, 0.5) is 17.3 Å². The van der Waals surface area contributed by atoms with Gasteiger partial charge in [0.25, 0.3) is 0 Å². The number of ether oxygens (including phenoxy) is 1. The van der Waals surface area contributed by atoms with Crippen LogP contribution >= 0.6 is 0 Å². The van der Waals surface area contributed by atoms with E-state index in [-0.39, 0.29) is 0 Å². The Bertz CT molecular complexity index is 540. The predicted octanol–water partition coefficient (Wildman–Crippen LogP) is 0.776. The highest BCUT2D eigenvalue weighted by atomic mass is 16.5. The summed E-state index contributed by atoms with van der Waals surface area (Å²) < 4.78 is 6.99. The first-order valence-electron chi connectivity index (χ1n) is 5.89. The van der Waals surface area contributed by atoms with Gasteiger partial charge in [0.15, 0.2) is 5.82 Å². The van der Waals surface area contributed by atoms with Crippen LogP contribution in [0.1, 0.15) is 12.7 Å². The van der Waals surface area contributed by atoms with E-state index >= 15 is 0 Å². The number of hydrogen-bond acceptors (Lipinski definition) is 7. The molecule has 0 aliphatic carbocycles. The highest BCUT2D eigenvalue weighted by Gasteiger charge is 2.05. The second kappa shape index (κ2) is 6.12. The first kappa shape index (κ1) is 13.2. The highest BCUT2D eigenvalue weighted by molar-refractivity contribution is 5.57. The molecule has 0 saturated heterocycles. The number of aryl methyl sites for hydroxylation is 1. The van der Waals surface area contributed by atoms with Gasteiger partial charge in [-0.25, -0.2) is 15.8 Å². The quantitative estimate of drug-likeness (QED) is 0.522. The topological polar surface area (TPSA) is 103 Å². The standard InChI is InChI=1S/C11H17N7O/c1-3-19-7-11-15-9(4-10(16-11)17-12)14-8-5-13-18(2)6-8/h4-6H,3,7,12H2,1-2H3,(H2,14,15,16,17). The van der Waals surface area contributed by atoms with E-state index < -0.39 is 0 Å². The van der Waals surface area contributed by atoms with Crippen molar-refractivity contribution in [1.82, 2.24) is 19.7 Å². The SMILES string of the molecule is CCOCc1nc(NN)cc(Nc2cnn(C)c2)n1. The summed E-state index contributed by atoms with van der Waals surface area (Å²) in [6.45, 7) is 2.86. The van der Waals surface area contributed by atoms with E-state index in [4.69, 9.17) is 10.6 Å². The van der Waals surface area contributed by atoms with E-state index in [1.54, 1.807) is 16.9 Å². The second-order valence-corrected chi connectivity index (χ2v) is 3.86. The van der Waals surface area contributed by atoms with Crippen molar-refractivity contribution < 1.29 is 4.74 Å². The molecule has 2 heterocycles. The van der Waals surface area contributed by atoms with Crippen molar-refractivity contribution in [3.8, 4) is 0 Å². The molecular weight excluding hydrogens is 246 g/mol. The van der Waals surface area contributed by atoms with Gasteiger partial charge in [-0.15, -0.1) is 0 Å². The third-order valence-corrected chi connectivity index (χ3v) is 2.33. The molecular formula is C11H17N7O. The number of nitrogen functional groups attached to an aromatic ring is 1. The number of anilines is 3. The van der Waals surface area contributed by atoms with Crippen molar-refractivity contribution in [2.75, 3.05) is 17.3 Å². The number of rotatable bonds is 6. The first-order chi connectivity index (χ1) is 9.21. The Balaban J connectivity index is 2.18. The average molecular weight is 263 g/mol. The molecule has 2 aromatic rings. The molecule has 0 fully saturated rings. The van der Waals surface area contributed by atoms with Gasteiger partial charge in [0.1, 0.15) is 18.2 Å². The van der Waals surface area contributed by atoms with Gasteiger partial charge in [-0.3, -0.25) is 4.68 Å². The molecule has 8 heteroatoms. The lowest BCUT2D eigenvalue weighted by molar-refractivity contribution is 0.128. The molecule has 4 N–H and O–H groups in total. The molecule has 8 nitrogen and oxygen atoms in total. The van der Waals surface area contributed by atoms with E-state index in [1.807, 2.05) is 20.2 Å². The van der Waals surface area contributed by atoms with Crippen molar-refractivity contribution in [3.05, 3.63) is 24.3 Å². The molecule has 0 spiro atoms. The Hall–Kier alpha value is -2.19. The molecule has 0 aliphatic rings. The van der Waals surface area contributed by atoms with Crippen LogP contribution in [0.2, 0.25) is 0 Å². The zero-order valence-corrected chi connectivity index (χ0v) is 10.9. The molecule has 0 saturated carbocycles. The van der Waals surface area contributed by atoms with Crippen LogP contribution in [0, 0.1) is 0 Å². The van der Waals surface area contributed by atoms with E-state index in [0.717, 1.165) is 5.69 Å². The maximum atomic E-state index is 5.39. The summed E-state index contributed by atoms with van der Waals surface area (Å²) in [6, 6.07) is 1.71. The summed E-state index contributed by atoms with van der Waals surface area (Å²) in [5.74, 6) is 7.10. The van der Waals surface area contributed by atoms with Crippen LogP contribution in [-0.4, -0.2) is 26.4 Å². The monoisotopic (exact) mass is 263 g/mol. The zero-order valence-electron chi connectivity index (χ0n) is 10.9. The van der Waals surface area contributed by atoms with Gasteiger partial charge in [-0.1, -0.05) is 0 Å². The van der Waals surface area contributed by atoms with Gasteiger partial charge in [-0.05, 0) is 6.92 Å². The van der Waals surface area contributed by atoms with Gasteiger partial charge in [-0.2, -0.15) is 5.10 Å². The summed E-state index contributed by atoms with van der Waals surface area (Å²) in [5.41, 5.74) is 3.35.